The number of nitrogens with one attached hydrogen (secondary N) is 2. The first-order valence-electron chi connectivity index (χ1n) is 8.60. The van der Waals surface area contributed by atoms with Gasteiger partial charge in [0, 0.05) is 54.7 Å². The van der Waals surface area contributed by atoms with Crippen LogP contribution in [0.4, 0.5) is 5.69 Å². The van der Waals surface area contributed by atoms with Crippen LogP contribution in [0.2, 0.25) is 0 Å². The molecule has 3 amide bonds. The van der Waals surface area contributed by atoms with Gasteiger partial charge in [-0.3, -0.25) is 14.4 Å². The second kappa shape index (κ2) is 7.91. The molecule has 0 unspecified atom stereocenters. The van der Waals surface area contributed by atoms with Crippen molar-refractivity contribution in [2.45, 2.75) is 19.8 Å². The van der Waals surface area contributed by atoms with E-state index in [1.807, 2.05) is 29.7 Å². The summed E-state index contributed by atoms with van der Waals surface area (Å²) in [5.41, 5.74) is 2.20. The number of rotatable bonds is 3. The van der Waals surface area contributed by atoms with Crippen molar-refractivity contribution in [2.75, 3.05) is 36.5 Å². The van der Waals surface area contributed by atoms with Gasteiger partial charge in [-0.25, -0.2) is 0 Å². The molecule has 0 aromatic heterocycles. The van der Waals surface area contributed by atoms with Gasteiger partial charge in [-0.1, -0.05) is 0 Å². The molecule has 2 aliphatic heterocycles. The number of aryl methyl sites for hydroxylation is 1. The van der Waals surface area contributed by atoms with Crippen LogP contribution < -0.4 is 10.6 Å². The SMILES string of the molecule is Cc1cc(C(=O)N2CCSCC2)ccc1NC(=O)[C@H]1CCNC(=O)C1. The number of carbonyl (C=O) groups is 3. The second-order valence-electron chi connectivity index (χ2n) is 6.46. The normalized spacial score (nSPS) is 20.8. The van der Waals surface area contributed by atoms with Crippen molar-refractivity contribution >= 4 is 35.2 Å². The second-order valence-corrected chi connectivity index (χ2v) is 7.69. The van der Waals surface area contributed by atoms with Crippen LogP contribution in [0.5, 0.6) is 0 Å². The smallest absolute Gasteiger partial charge is 0.253 e. The van der Waals surface area contributed by atoms with Crippen molar-refractivity contribution in [1.29, 1.82) is 0 Å². The van der Waals surface area contributed by atoms with Gasteiger partial charge in [0.05, 0.1) is 0 Å². The minimum absolute atomic E-state index is 0.0465. The minimum Gasteiger partial charge on any atom is -0.356 e. The van der Waals surface area contributed by atoms with Gasteiger partial charge in [0.2, 0.25) is 11.8 Å². The van der Waals surface area contributed by atoms with E-state index >= 15 is 0 Å². The number of hydrogen-bond donors (Lipinski definition) is 2. The van der Waals surface area contributed by atoms with Crippen molar-refractivity contribution in [3.8, 4) is 0 Å². The Bertz CT molecular complexity index is 686. The first kappa shape index (κ1) is 17.8. The maximum Gasteiger partial charge on any atom is 0.253 e. The molecule has 25 heavy (non-hydrogen) atoms. The molecular formula is C18H23N3O3S. The number of carbonyl (C=O) groups excluding carboxylic acids is 3. The van der Waals surface area contributed by atoms with E-state index in [1.54, 1.807) is 12.1 Å². The Morgan fingerprint density at radius 1 is 1.28 bits per heavy atom. The van der Waals surface area contributed by atoms with E-state index in [-0.39, 0.29) is 30.1 Å². The fourth-order valence-electron chi connectivity index (χ4n) is 3.13. The standard InChI is InChI=1S/C18H23N3O3S/c1-12-10-14(18(24)21-6-8-25-9-7-21)2-3-15(12)20-17(23)13-4-5-19-16(22)11-13/h2-3,10,13H,4-9,11H2,1H3,(H,19,22)(H,20,23)/t13-/m0/s1. The van der Waals surface area contributed by atoms with Crippen LogP contribution in [0.1, 0.15) is 28.8 Å². The van der Waals surface area contributed by atoms with Gasteiger partial charge >= 0.3 is 0 Å². The van der Waals surface area contributed by atoms with E-state index in [2.05, 4.69) is 10.6 Å². The van der Waals surface area contributed by atoms with Crippen LogP contribution in [-0.2, 0) is 9.59 Å². The fourth-order valence-corrected chi connectivity index (χ4v) is 4.03. The van der Waals surface area contributed by atoms with E-state index in [1.165, 1.54) is 0 Å². The number of hydrogen-bond acceptors (Lipinski definition) is 4. The van der Waals surface area contributed by atoms with E-state index < -0.39 is 0 Å². The molecule has 7 heteroatoms. The molecule has 2 fully saturated rings. The van der Waals surface area contributed by atoms with Crippen LogP contribution in [0, 0.1) is 12.8 Å². The average molecular weight is 361 g/mol. The first-order chi connectivity index (χ1) is 12.0. The molecule has 1 aromatic rings. The number of benzene rings is 1. The minimum atomic E-state index is -0.291. The molecule has 0 spiro atoms. The summed E-state index contributed by atoms with van der Waals surface area (Å²) in [5.74, 6) is 1.50. The van der Waals surface area contributed by atoms with Crippen molar-refractivity contribution in [3.05, 3.63) is 29.3 Å². The summed E-state index contributed by atoms with van der Waals surface area (Å²) in [6, 6.07) is 5.37. The molecule has 2 N–H and O–H groups in total. The Labute approximate surface area is 151 Å². The quantitative estimate of drug-likeness (QED) is 0.858. The number of amides is 3. The molecule has 6 nitrogen and oxygen atoms in total. The third kappa shape index (κ3) is 4.34. The molecule has 134 valence electrons. The van der Waals surface area contributed by atoms with E-state index in [4.69, 9.17) is 0 Å². The molecule has 1 aromatic carbocycles. The average Bonchev–Trinajstić information content (AvgIpc) is 2.63. The Hall–Kier alpha value is -2.02. The van der Waals surface area contributed by atoms with Gasteiger partial charge < -0.3 is 15.5 Å². The summed E-state index contributed by atoms with van der Waals surface area (Å²) in [6.07, 6.45) is 0.884. The summed E-state index contributed by atoms with van der Waals surface area (Å²) < 4.78 is 0. The van der Waals surface area contributed by atoms with Gasteiger partial charge in [-0.05, 0) is 37.1 Å². The van der Waals surface area contributed by atoms with Gasteiger partial charge in [0.25, 0.3) is 5.91 Å². The predicted molar refractivity (Wildman–Crippen MR) is 98.8 cm³/mol. The molecule has 3 rings (SSSR count). The van der Waals surface area contributed by atoms with Crippen LogP contribution in [-0.4, -0.2) is 53.8 Å². The lowest BCUT2D eigenvalue weighted by molar-refractivity contribution is -0.129. The highest BCUT2D eigenvalue weighted by Crippen LogP contribution is 2.21. The molecule has 0 radical (unpaired) electrons. The lowest BCUT2D eigenvalue weighted by Crippen LogP contribution is -2.38. The highest BCUT2D eigenvalue weighted by atomic mass is 32.2. The summed E-state index contributed by atoms with van der Waals surface area (Å²) in [6.45, 7) is 3.99. The van der Waals surface area contributed by atoms with Crippen LogP contribution in [0.25, 0.3) is 0 Å². The molecular weight excluding hydrogens is 338 g/mol. The summed E-state index contributed by atoms with van der Waals surface area (Å²) in [4.78, 5) is 38.2. The molecule has 2 aliphatic rings. The van der Waals surface area contributed by atoms with Gasteiger partial charge in [0.1, 0.15) is 0 Å². The molecule has 0 aliphatic carbocycles. The van der Waals surface area contributed by atoms with E-state index in [0.717, 1.165) is 30.2 Å². The van der Waals surface area contributed by atoms with Crippen molar-refractivity contribution < 1.29 is 14.4 Å². The summed E-state index contributed by atoms with van der Waals surface area (Å²) >= 11 is 1.87. The van der Waals surface area contributed by atoms with E-state index in [0.29, 0.717) is 24.2 Å². The summed E-state index contributed by atoms with van der Waals surface area (Å²) in [7, 11) is 0. The maximum absolute atomic E-state index is 12.6. The number of piperidine rings is 1. The van der Waals surface area contributed by atoms with Crippen molar-refractivity contribution in [3.63, 3.8) is 0 Å². The predicted octanol–water partition coefficient (Wildman–Crippen LogP) is 1.65. The first-order valence-corrected chi connectivity index (χ1v) is 9.75. The van der Waals surface area contributed by atoms with Crippen molar-refractivity contribution in [2.24, 2.45) is 5.92 Å². The fraction of sp³-hybridized carbons (Fsp3) is 0.500. The van der Waals surface area contributed by atoms with Crippen LogP contribution in [0.3, 0.4) is 0 Å². The Morgan fingerprint density at radius 3 is 2.72 bits per heavy atom. The van der Waals surface area contributed by atoms with Gasteiger partial charge in [-0.15, -0.1) is 0 Å². The molecule has 2 heterocycles. The number of anilines is 1. The van der Waals surface area contributed by atoms with E-state index in [9.17, 15) is 14.4 Å². The van der Waals surface area contributed by atoms with Crippen molar-refractivity contribution in [1.82, 2.24) is 10.2 Å². The topological polar surface area (TPSA) is 78.5 Å². The molecule has 0 bridgehead atoms. The van der Waals surface area contributed by atoms with Gasteiger partial charge in [-0.2, -0.15) is 11.8 Å². The zero-order valence-corrected chi connectivity index (χ0v) is 15.2. The monoisotopic (exact) mass is 361 g/mol. The summed E-state index contributed by atoms with van der Waals surface area (Å²) in [5, 5.41) is 5.63. The molecule has 2 saturated heterocycles. The van der Waals surface area contributed by atoms with Gasteiger partial charge in [0.15, 0.2) is 0 Å². The lowest BCUT2D eigenvalue weighted by atomic mass is 9.96. The highest BCUT2D eigenvalue weighted by molar-refractivity contribution is 7.99. The molecule has 1 atom stereocenters. The third-order valence-electron chi connectivity index (χ3n) is 4.65. The molecule has 0 saturated carbocycles. The zero-order valence-electron chi connectivity index (χ0n) is 14.3. The van der Waals surface area contributed by atoms with Crippen LogP contribution >= 0.6 is 11.8 Å². The Kier molecular flexibility index (Phi) is 5.63. The highest BCUT2D eigenvalue weighted by Gasteiger charge is 2.26. The Balaban J connectivity index is 1.66. The number of nitrogens with zero attached hydrogens (tertiary/aromatic N) is 1. The number of thioether (sulfide) groups is 1. The lowest BCUT2D eigenvalue weighted by Gasteiger charge is -2.26. The Morgan fingerprint density at radius 2 is 2.04 bits per heavy atom. The third-order valence-corrected chi connectivity index (χ3v) is 5.59. The van der Waals surface area contributed by atoms with Crippen LogP contribution in [0.15, 0.2) is 18.2 Å². The largest absolute Gasteiger partial charge is 0.356 e. The zero-order chi connectivity index (χ0) is 17.8. The maximum atomic E-state index is 12.6.